The first-order valence-electron chi connectivity index (χ1n) is 2.49. The Morgan fingerprint density at radius 2 is 1.20 bits per heavy atom. The standard InChI is InChI=1S/C6H4Cl2S2/c7-3-1-2-4(8)6(10)5(3)9/h1-2,9-10H. The van der Waals surface area contributed by atoms with Crippen LogP contribution < -0.4 is 0 Å². The minimum atomic E-state index is 0.567. The highest BCUT2D eigenvalue weighted by molar-refractivity contribution is 7.83. The Hall–Kier alpha value is 0.500. The van der Waals surface area contributed by atoms with Crippen LogP contribution in [0.4, 0.5) is 0 Å². The zero-order chi connectivity index (χ0) is 7.72. The predicted octanol–water partition coefficient (Wildman–Crippen LogP) is 3.57. The number of hydrogen-bond donors (Lipinski definition) is 2. The van der Waals surface area contributed by atoms with Gasteiger partial charge >= 0.3 is 0 Å². The zero-order valence-corrected chi connectivity index (χ0v) is 8.11. The summed E-state index contributed by atoms with van der Waals surface area (Å²) in [5.41, 5.74) is 0. The van der Waals surface area contributed by atoms with E-state index in [-0.39, 0.29) is 0 Å². The fourth-order valence-corrected chi connectivity index (χ4v) is 1.37. The van der Waals surface area contributed by atoms with Crippen LogP contribution >= 0.6 is 48.5 Å². The molecule has 0 unspecified atom stereocenters. The number of rotatable bonds is 0. The smallest absolute Gasteiger partial charge is 0.0551 e. The minimum Gasteiger partial charge on any atom is -0.141 e. The fraction of sp³-hybridized carbons (Fsp3) is 0. The molecule has 0 aliphatic rings. The summed E-state index contributed by atoms with van der Waals surface area (Å²) in [5, 5.41) is 1.13. The Bertz CT molecular complexity index is 233. The monoisotopic (exact) mass is 210 g/mol. The van der Waals surface area contributed by atoms with Crippen LogP contribution in [0.2, 0.25) is 10.0 Å². The lowest BCUT2D eigenvalue weighted by Gasteiger charge is -2.01. The number of benzene rings is 1. The van der Waals surface area contributed by atoms with Crippen LogP contribution in [-0.4, -0.2) is 0 Å². The second kappa shape index (κ2) is 3.26. The molecule has 54 valence electrons. The molecule has 0 atom stereocenters. The van der Waals surface area contributed by atoms with E-state index in [4.69, 9.17) is 23.2 Å². The Kier molecular flexibility index (Phi) is 2.81. The van der Waals surface area contributed by atoms with Gasteiger partial charge in [0.2, 0.25) is 0 Å². The second-order valence-corrected chi connectivity index (χ2v) is 3.44. The van der Waals surface area contributed by atoms with Gasteiger partial charge in [0.25, 0.3) is 0 Å². The summed E-state index contributed by atoms with van der Waals surface area (Å²) in [6.07, 6.45) is 0. The summed E-state index contributed by atoms with van der Waals surface area (Å²) in [4.78, 5) is 1.25. The Labute approximate surface area is 80.3 Å². The average Bonchev–Trinajstić information content (AvgIpc) is 1.93. The molecule has 0 aliphatic heterocycles. The second-order valence-electron chi connectivity index (χ2n) is 1.73. The molecule has 10 heavy (non-hydrogen) atoms. The summed E-state index contributed by atoms with van der Waals surface area (Å²) in [6.45, 7) is 0. The molecule has 0 spiro atoms. The maximum absolute atomic E-state index is 5.70. The van der Waals surface area contributed by atoms with Crippen molar-refractivity contribution >= 4 is 48.5 Å². The van der Waals surface area contributed by atoms with Crippen molar-refractivity contribution in [2.24, 2.45) is 0 Å². The largest absolute Gasteiger partial charge is 0.141 e. The summed E-state index contributed by atoms with van der Waals surface area (Å²) < 4.78 is 0. The van der Waals surface area contributed by atoms with E-state index in [1.165, 1.54) is 0 Å². The third-order valence-corrected chi connectivity index (χ3v) is 3.05. The van der Waals surface area contributed by atoms with Gasteiger partial charge in [-0.05, 0) is 12.1 Å². The molecular weight excluding hydrogens is 207 g/mol. The van der Waals surface area contributed by atoms with Crippen molar-refractivity contribution in [3.05, 3.63) is 22.2 Å². The molecular formula is C6H4Cl2S2. The van der Waals surface area contributed by atoms with Gasteiger partial charge in [-0.2, -0.15) is 0 Å². The molecule has 0 saturated heterocycles. The van der Waals surface area contributed by atoms with Gasteiger partial charge in [-0.1, -0.05) is 23.2 Å². The molecule has 0 N–H and O–H groups in total. The molecule has 1 aromatic carbocycles. The third kappa shape index (κ3) is 1.56. The lowest BCUT2D eigenvalue weighted by atomic mass is 10.3. The predicted molar refractivity (Wildman–Crippen MR) is 51.0 cm³/mol. The van der Waals surface area contributed by atoms with Gasteiger partial charge < -0.3 is 0 Å². The first-order valence-corrected chi connectivity index (χ1v) is 4.14. The van der Waals surface area contributed by atoms with E-state index in [1.54, 1.807) is 12.1 Å². The van der Waals surface area contributed by atoms with Crippen LogP contribution in [0.15, 0.2) is 21.9 Å². The molecule has 0 fully saturated rings. The SMILES string of the molecule is Sc1c(Cl)ccc(Cl)c1S. The van der Waals surface area contributed by atoms with Crippen LogP contribution in [-0.2, 0) is 0 Å². The summed E-state index contributed by atoms with van der Waals surface area (Å²) in [5.74, 6) is 0. The van der Waals surface area contributed by atoms with E-state index in [9.17, 15) is 0 Å². The zero-order valence-electron chi connectivity index (χ0n) is 4.81. The van der Waals surface area contributed by atoms with Gasteiger partial charge in [0.05, 0.1) is 10.0 Å². The molecule has 0 nitrogen and oxygen atoms in total. The molecule has 0 radical (unpaired) electrons. The number of hydrogen-bond acceptors (Lipinski definition) is 2. The molecule has 0 aromatic heterocycles. The Balaban J connectivity index is 3.34. The summed E-state index contributed by atoms with van der Waals surface area (Å²) >= 11 is 19.6. The molecule has 0 aliphatic carbocycles. The molecule has 0 saturated carbocycles. The van der Waals surface area contributed by atoms with Crippen molar-refractivity contribution in [3.8, 4) is 0 Å². The van der Waals surface area contributed by atoms with E-state index in [2.05, 4.69) is 25.3 Å². The lowest BCUT2D eigenvalue weighted by Crippen LogP contribution is -1.74. The number of halogens is 2. The van der Waals surface area contributed by atoms with Crippen molar-refractivity contribution < 1.29 is 0 Å². The van der Waals surface area contributed by atoms with Crippen molar-refractivity contribution in [1.82, 2.24) is 0 Å². The Morgan fingerprint density at radius 1 is 0.900 bits per heavy atom. The van der Waals surface area contributed by atoms with Gasteiger partial charge in [0.15, 0.2) is 0 Å². The molecule has 1 aromatic rings. The highest BCUT2D eigenvalue weighted by atomic mass is 35.5. The van der Waals surface area contributed by atoms with Crippen LogP contribution in [0.25, 0.3) is 0 Å². The van der Waals surface area contributed by atoms with Crippen molar-refractivity contribution in [2.75, 3.05) is 0 Å². The van der Waals surface area contributed by atoms with Crippen LogP contribution in [0, 0.1) is 0 Å². The van der Waals surface area contributed by atoms with E-state index in [1.807, 2.05) is 0 Å². The average molecular weight is 211 g/mol. The lowest BCUT2D eigenvalue weighted by molar-refractivity contribution is 1.27. The maximum atomic E-state index is 5.70. The number of thiol groups is 2. The van der Waals surface area contributed by atoms with Crippen LogP contribution in [0.5, 0.6) is 0 Å². The fourth-order valence-electron chi connectivity index (χ4n) is 0.530. The summed E-state index contributed by atoms with van der Waals surface area (Å²) in [6, 6.07) is 3.37. The van der Waals surface area contributed by atoms with Crippen molar-refractivity contribution in [3.63, 3.8) is 0 Å². The maximum Gasteiger partial charge on any atom is 0.0551 e. The first kappa shape index (κ1) is 8.60. The first-order chi connectivity index (χ1) is 4.63. The topological polar surface area (TPSA) is 0 Å². The molecule has 0 heterocycles. The van der Waals surface area contributed by atoms with Gasteiger partial charge in [0.1, 0.15) is 0 Å². The highest BCUT2D eigenvalue weighted by Crippen LogP contribution is 2.32. The van der Waals surface area contributed by atoms with Crippen molar-refractivity contribution in [1.29, 1.82) is 0 Å². The molecule has 0 bridgehead atoms. The van der Waals surface area contributed by atoms with Crippen LogP contribution in [0.1, 0.15) is 0 Å². The van der Waals surface area contributed by atoms with Gasteiger partial charge in [-0.15, -0.1) is 25.3 Å². The molecule has 0 amide bonds. The van der Waals surface area contributed by atoms with E-state index in [0.29, 0.717) is 19.8 Å². The summed E-state index contributed by atoms with van der Waals surface area (Å²) in [7, 11) is 0. The quantitative estimate of drug-likeness (QED) is 0.602. The van der Waals surface area contributed by atoms with Gasteiger partial charge in [0, 0.05) is 9.79 Å². The van der Waals surface area contributed by atoms with E-state index < -0.39 is 0 Å². The normalized spacial score (nSPS) is 10.0. The minimum absolute atomic E-state index is 0.567. The van der Waals surface area contributed by atoms with Crippen LogP contribution in [0.3, 0.4) is 0 Å². The molecule has 1 rings (SSSR count). The van der Waals surface area contributed by atoms with E-state index in [0.717, 1.165) is 0 Å². The van der Waals surface area contributed by atoms with Gasteiger partial charge in [-0.3, -0.25) is 0 Å². The Morgan fingerprint density at radius 3 is 1.50 bits per heavy atom. The molecule has 4 heteroatoms. The van der Waals surface area contributed by atoms with Crippen molar-refractivity contribution in [2.45, 2.75) is 9.79 Å². The third-order valence-electron chi connectivity index (χ3n) is 1.05. The van der Waals surface area contributed by atoms with Gasteiger partial charge in [-0.25, -0.2) is 0 Å². The highest BCUT2D eigenvalue weighted by Gasteiger charge is 2.02. The van der Waals surface area contributed by atoms with E-state index >= 15 is 0 Å².